The number of nitrogens with two attached hydrogens (primary N) is 1. The van der Waals surface area contributed by atoms with Crippen molar-refractivity contribution in [3.63, 3.8) is 0 Å². The summed E-state index contributed by atoms with van der Waals surface area (Å²) >= 11 is 0. The van der Waals surface area contributed by atoms with E-state index in [1.54, 1.807) is 13.1 Å². The highest BCUT2D eigenvalue weighted by molar-refractivity contribution is 5.35. The van der Waals surface area contributed by atoms with Gasteiger partial charge in [0.2, 0.25) is 0 Å². The largest absolute Gasteiger partial charge is 0.394 e. The van der Waals surface area contributed by atoms with E-state index in [1.807, 2.05) is 0 Å². The van der Waals surface area contributed by atoms with Crippen molar-refractivity contribution in [1.29, 1.82) is 0 Å². The lowest BCUT2D eigenvalue weighted by Gasteiger charge is -2.15. The van der Waals surface area contributed by atoms with Crippen molar-refractivity contribution in [3.05, 3.63) is 22.2 Å². The third kappa shape index (κ3) is 1.94. The van der Waals surface area contributed by atoms with Crippen molar-refractivity contribution >= 4 is 5.82 Å². The number of ether oxygens (including phenoxy) is 1. The maximum absolute atomic E-state index is 11.6. The van der Waals surface area contributed by atoms with Crippen LogP contribution in [0.2, 0.25) is 0 Å². The van der Waals surface area contributed by atoms with Gasteiger partial charge in [-0.3, -0.25) is 4.57 Å². The lowest BCUT2D eigenvalue weighted by atomic mass is 10.2. The Labute approximate surface area is 92.7 Å². The third-order valence-corrected chi connectivity index (χ3v) is 2.77. The van der Waals surface area contributed by atoms with E-state index in [9.17, 15) is 4.79 Å². The number of aliphatic hydroxyl groups excluding tert-OH is 1. The minimum absolute atomic E-state index is 0.0212. The SMILES string of the molecule is Cc1cn([C@H]2CC[C@H](CO)O2)c(=O)nc1N. The molecule has 3 N–H and O–H groups in total. The van der Waals surface area contributed by atoms with Crippen LogP contribution < -0.4 is 11.4 Å². The number of rotatable bonds is 2. The number of hydrogen-bond acceptors (Lipinski definition) is 5. The molecular formula is C10H15N3O3. The summed E-state index contributed by atoms with van der Waals surface area (Å²) in [5, 5.41) is 8.95. The standard InChI is InChI=1S/C10H15N3O3/c1-6-4-13(10(15)12-9(6)11)8-3-2-7(5-14)16-8/h4,7-8,14H,2-3,5H2,1H3,(H2,11,12,15)/t7-,8-/m1/s1. The molecule has 2 heterocycles. The number of aryl methyl sites for hydroxylation is 1. The van der Waals surface area contributed by atoms with E-state index >= 15 is 0 Å². The molecule has 0 aromatic carbocycles. The fourth-order valence-corrected chi connectivity index (χ4v) is 1.81. The van der Waals surface area contributed by atoms with E-state index in [0.29, 0.717) is 6.42 Å². The molecule has 0 aliphatic carbocycles. The summed E-state index contributed by atoms with van der Waals surface area (Å²) < 4.78 is 6.94. The highest BCUT2D eigenvalue weighted by Crippen LogP contribution is 2.26. The fraction of sp³-hybridized carbons (Fsp3) is 0.600. The number of anilines is 1. The monoisotopic (exact) mass is 225 g/mol. The highest BCUT2D eigenvalue weighted by atomic mass is 16.5. The zero-order valence-electron chi connectivity index (χ0n) is 9.09. The first kappa shape index (κ1) is 11.1. The molecule has 88 valence electrons. The number of aromatic nitrogens is 2. The van der Waals surface area contributed by atoms with Gasteiger partial charge in [-0.1, -0.05) is 0 Å². The van der Waals surface area contributed by atoms with Gasteiger partial charge in [0, 0.05) is 11.8 Å². The average Bonchev–Trinajstić information content (AvgIpc) is 2.71. The molecule has 0 spiro atoms. The minimum Gasteiger partial charge on any atom is -0.394 e. The van der Waals surface area contributed by atoms with Crippen LogP contribution >= 0.6 is 0 Å². The van der Waals surface area contributed by atoms with E-state index in [4.69, 9.17) is 15.6 Å². The molecule has 1 aromatic heterocycles. The topological polar surface area (TPSA) is 90.4 Å². The molecule has 0 unspecified atom stereocenters. The molecule has 0 radical (unpaired) electrons. The molecule has 1 fully saturated rings. The molecule has 1 aliphatic heterocycles. The van der Waals surface area contributed by atoms with Crippen LogP contribution in [-0.2, 0) is 4.74 Å². The maximum Gasteiger partial charge on any atom is 0.351 e. The Morgan fingerprint density at radius 2 is 2.44 bits per heavy atom. The Balaban J connectivity index is 2.28. The third-order valence-electron chi connectivity index (χ3n) is 2.77. The van der Waals surface area contributed by atoms with Gasteiger partial charge in [0.05, 0.1) is 12.7 Å². The smallest absolute Gasteiger partial charge is 0.351 e. The van der Waals surface area contributed by atoms with Crippen molar-refractivity contribution in [3.8, 4) is 0 Å². The molecule has 16 heavy (non-hydrogen) atoms. The van der Waals surface area contributed by atoms with Gasteiger partial charge >= 0.3 is 5.69 Å². The number of nitrogen functional groups attached to an aromatic ring is 1. The predicted octanol–water partition coefficient (Wildman–Crippen LogP) is -0.196. The minimum atomic E-state index is -0.410. The van der Waals surface area contributed by atoms with Gasteiger partial charge in [-0.15, -0.1) is 0 Å². The van der Waals surface area contributed by atoms with Crippen LogP contribution in [0.15, 0.2) is 11.0 Å². The number of aliphatic hydroxyl groups is 1. The Bertz CT molecular complexity index is 443. The summed E-state index contributed by atoms with van der Waals surface area (Å²) in [6.07, 6.45) is 2.58. The van der Waals surface area contributed by atoms with E-state index in [0.717, 1.165) is 12.0 Å². The average molecular weight is 225 g/mol. The number of nitrogens with zero attached hydrogens (tertiary/aromatic N) is 2. The second-order valence-corrected chi connectivity index (χ2v) is 3.97. The van der Waals surface area contributed by atoms with Crippen LogP contribution in [0.4, 0.5) is 5.82 Å². The van der Waals surface area contributed by atoms with Crippen molar-refractivity contribution in [2.24, 2.45) is 0 Å². The Hall–Kier alpha value is -1.40. The molecule has 2 atom stereocenters. The first-order chi connectivity index (χ1) is 7.61. The van der Waals surface area contributed by atoms with Gasteiger partial charge in [0.1, 0.15) is 12.0 Å². The van der Waals surface area contributed by atoms with Gasteiger partial charge in [-0.05, 0) is 19.8 Å². The molecule has 6 heteroatoms. The normalized spacial score (nSPS) is 24.9. The zero-order valence-corrected chi connectivity index (χ0v) is 9.09. The van der Waals surface area contributed by atoms with Crippen LogP contribution in [0.3, 0.4) is 0 Å². The lowest BCUT2D eigenvalue weighted by Crippen LogP contribution is -2.28. The summed E-state index contributed by atoms with van der Waals surface area (Å²) in [5.41, 5.74) is 5.87. The second-order valence-electron chi connectivity index (χ2n) is 3.97. The van der Waals surface area contributed by atoms with Crippen molar-refractivity contribution in [2.45, 2.75) is 32.1 Å². The Morgan fingerprint density at radius 3 is 3.06 bits per heavy atom. The predicted molar refractivity (Wildman–Crippen MR) is 57.9 cm³/mol. The van der Waals surface area contributed by atoms with Gasteiger partial charge in [-0.25, -0.2) is 4.79 Å². The summed E-state index contributed by atoms with van der Waals surface area (Å²) in [5.74, 6) is 0.248. The molecule has 6 nitrogen and oxygen atoms in total. The quantitative estimate of drug-likeness (QED) is 0.727. The molecule has 0 bridgehead atoms. The van der Waals surface area contributed by atoms with Crippen molar-refractivity contribution in [1.82, 2.24) is 9.55 Å². The molecule has 2 rings (SSSR count). The van der Waals surface area contributed by atoms with Crippen LogP contribution in [0, 0.1) is 6.92 Å². The summed E-state index contributed by atoms with van der Waals surface area (Å²) in [6.45, 7) is 1.77. The molecular weight excluding hydrogens is 210 g/mol. The van der Waals surface area contributed by atoms with Crippen LogP contribution in [0.5, 0.6) is 0 Å². The van der Waals surface area contributed by atoms with Crippen molar-refractivity contribution < 1.29 is 9.84 Å². The van der Waals surface area contributed by atoms with Crippen LogP contribution in [0.25, 0.3) is 0 Å². The molecule has 1 aliphatic rings. The van der Waals surface area contributed by atoms with Crippen LogP contribution in [-0.4, -0.2) is 27.4 Å². The van der Waals surface area contributed by atoms with E-state index in [-0.39, 0.29) is 24.8 Å². The van der Waals surface area contributed by atoms with Gasteiger partial charge in [-0.2, -0.15) is 4.98 Å². The number of hydrogen-bond donors (Lipinski definition) is 2. The highest BCUT2D eigenvalue weighted by Gasteiger charge is 2.26. The fourth-order valence-electron chi connectivity index (χ4n) is 1.81. The molecule has 0 amide bonds. The summed E-state index contributed by atoms with van der Waals surface area (Å²) in [6, 6.07) is 0. The van der Waals surface area contributed by atoms with Gasteiger partial charge in [0.25, 0.3) is 0 Å². The summed E-state index contributed by atoms with van der Waals surface area (Å²) in [4.78, 5) is 15.3. The first-order valence-electron chi connectivity index (χ1n) is 5.23. The molecule has 0 saturated carbocycles. The maximum atomic E-state index is 11.6. The summed E-state index contributed by atoms with van der Waals surface area (Å²) in [7, 11) is 0. The zero-order chi connectivity index (χ0) is 11.7. The van der Waals surface area contributed by atoms with E-state index < -0.39 is 5.69 Å². The van der Waals surface area contributed by atoms with E-state index in [1.165, 1.54) is 4.57 Å². The molecule has 1 saturated heterocycles. The van der Waals surface area contributed by atoms with E-state index in [2.05, 4.69) is 4.98 Å². The van der Waals surface area contributed by atoms with Crippen molar-refractivity contribution in [2.75, 3.05) is 12.3 Å². The van der Waals surface area contributed by atoms with Gasteiger partial charge in [0.15, 0.2) is 0 Å². The molecule has 1 aromatic rings. The second kappa shape index (κ2) is 4.23. The lowest BCUT2D eigenvalue weighted by molar-refractivity contribution is -0.0246. The van der Waals surface area contributed by atoms with Crippen LogP contribution in [0.1, 0.15) is 24.6 Å². The van der Waals surface area contributed by atoms with Gasteiger partial charge < -0.3 is 15.6 Å². The first-order valence-corrected chi connectivity index (χ1v) is 5.23. The Morgan fingerprint density at radius 1 is 1.69 bits per heavy atom. The Kier molecular flexibility index (Phi) is 2.93.